The number of hydrogen-bond donors (Lipinski definition) is 1. The van der Waals surface area contributed by atoms with Crippen LogP contribution in [0.25, 0.3) is 5.57 Å². The molecule has 0 unspecified atom stereocenters. The van der Waals surface area contributed by atoms with Crippen LogP contribution in [0.2, 0.25) is 5.02 Å². The van der Waals surface area contributed by atoms with Gasteiger partial charge in [0, 0.05) is 17.1 Å². The van der Waals surface area contributed by atoms with E-state index in [9.17, 15) is 9.59 Å². The molecule has 0 aromatic heterocycles. The van der Waals surface area contributed by atoms with Gasteiger partial charge < -0.3 is 5.32 Å². The van der Waals surface area contributed by atoms with Crippen LogP contribution in [0.1, 0.15) is 18.1 Å². The Morgan fingerprint density at radius 2 is 2.10 bits per heavy atom. The van der Waals surface area contributed by atoms with E-state index < -0.39 is 0 Å². The molecule has 1 fully saturated rings. The lowest BCUT2D eigenvalue weighted by atomic mass is 10.0. The van der Waals surface area contributed by atoms with Gasteiger partial charge >= 0.3 is 0 Å². The molecular weight excluding hydrogens is 328 g/mol. The summed E-state index contributed by atoms with van der Waals surface area (Å²) in [7, 11) is 0. The van der Waals surface area contributed by atoms with Crippen LogP contribution in [0.3, 0.4) is 0 Å². The number of amides is 2. The van der Waals surface area contributed by atoms with Crippen molar-refractivity contribution in [1.82, 2.24) is 4.90 Å². The summed E-state index contributed by atoms with van der Waals surface area (Å²) in [6.07, 6.45) is 0. The molecule has 1 saturated heterocycles. The third-order valence-electron chi connectivity index (χ3n) is 3.43. The number of thioether (sulfide) groups is 1. The van der Waals surface area contributed by atoms with Crippen molar-refractivity contribution in [3.63, 3.8) is 0 Å². The smallest absolute Gasteiger partial charge is 0.266 e. The van der Waals surface area contributed by atoms with Crippen LogP contribution in [-0.2, 0) is 9.59 Å². The largest absolute Gasteiger partial charge is 0.321 e. The lowest BCUT2D eigenvalue weighted by Crippen LogP contribution is -2.27. The molecule has 0 bridgehead atoms. The summed E-state index contributed by atoms with van der Waals surface area (Å²) < 4.78 is 0.477. The maximum Gasteiger partial charge on any atom is 0.266 e. The number of nitrogens with zero attached hydrogens (tertiary/aromatic N) is 1. The van der Waals surface area contributed by atoms with Gasteiger partial charge in [0.25, 0.3) is 11.8 Å². The molecule has 1 N–H and O–H groups in total. The first-order valence-corrected chi connectivity index (χ1v) is 7.94. The normalized spacial score (nSPS) is 21.1. The Labute approximate surface area is 136 Å². The monoisotopic (exact) mass is 338 g/mol. The number of likely N-dealkylation sites (N-methyl/N-ethyl adjacent to an activating group) is 1. The molecule has 0 aliphatic carbocycles. The number of thiocarbonyl (C=S) groups is 1. The third-order valence-corrected chi connectivity index (χ3v) is 5.09. The van der Waals surface area contributed by atoms with Gasteiger partial charge in [0.05, 0.1) is 16.2 Å². The van der Waals surface area contributed by atoms with Gasteiger partial charge in [-0.3, -0.25) is 14.5 Å². The second kappa shape index (κ2) is 5.12. The lowest BCUT2D eigenvalue weighted by Gasteiger charge is -2.10. The van der Waals surface area contributed by atoms with Crippen molar-refractivity contribution in [2.75, 3.05) is 11.9 Å². The molecule has 21 heavy (non-hydrogen) atoms. The number of fused-ring (bicyclic) bond motifs is 1. The fourth-order valence-corrected chi connectivity index (χ4v) is 4.19. The number of nitrogens with one attached hydrogen (secondary N) is 1. The third kappa shape index (κ3) is 2.18. The van der Waals surface area contributed by atoms with Gasteiger partial charge in [0.2, 0.25) is 0 Å². The summed E-state index contributed by atoms with van der Waals surface area (Å²) in [5.74, 6) is -0.505. The number of rotatable bonds is 1. The van der Waals surface area contributed by atoms with Crippen molar-refractivity contribution in [1.29, 1.82) is 0 Å². The second-order valence-electron chi connectivity index (χ2n) is 4.72. The minimum atomic E-state index is -0.285. The van der Waals surface area contributed by atoms with Crippen molar-refractivity contribution >= 4 is 63.0 Å². The quantitative estimate of drug-likeness (QED) is 0.631. The maximum atomic E-state index is 12.4. The Kier molecular flexibility index (Phi) is 3.55. The van der Waals surface area contributed by atoms with Gasteiger partial charge in [0.1, 0.15) is 4.32 Å². The molecular formula is C14H11ClN2O2S2. The van der Waals surface area contributed by atoms with Crippen molar-refractivity contribution < 1.29 is 9.59 Å². The minimum absolute atomic E-state index is 0.219. The van der Waals surface area contributed by atoms with Gasteiger partial charge in [-0.05, 0) is 31.5 Å². The highest BCUT2D eigenvalue weighted by Crippen LogP contribution is 2.43. The Bertz CT molecular complexity index is 743. The van der Waals surface area contributed by atoms with Gasteiger partial charge in [-0.2, -0.15) is 0 Å². The number of anilines is 1. The number of halogens is 1. The number of hydrogen-bond acceptors (Lipinski definition) is 4. The topological polar surface area (TPSA) is 49.4 Å². The molecule has 0 saturated carbocycles. The van der Waals surface area contributed by atoms with Crippen molar-refractivity contribution in [3.8, 4) is 0 Å². The summed E-state index contributed by atoms with van der Waals surface area (Å²) in [6.45, 7) is 4.21. The van der Waals surface area contributed by atoms with E-state index >= 15 is 0 Å². The zero-order valence-electron chi connectivity index (χ0n) is 11.3. The van der Waals surface area contributed by atoms with E-state index in [2.05, 4.69) is 5.32 Å². The first-order chi connectivity index (χ1) is 9.93. The molecule has 2 heterocycles. The molecule has 1 aromatic rings. The number of carbonyl (C=O) groups is 2. The second-order valence-corrected chi connectivity index (χ2v) is 6.80. The van der Waals surface area contributed by atoms with E-state index in [0.717, 1.165) is 5.56 Å². The van der Waals surface area contributed by atoms with E-state index in [1.807, 2.05) is 13.8 Å². The number of aryl methyl sites for hydroxylation is 1. The van der Waals surface area contributed by atoms with Gasteiger partial charge in [-0.15, -0.1) is 0 Å². The van der Waals surface area contributed by atoms with E-state index in [-0.39, 0.29) is 11.8 Å². The highest BCUT2D eigenvalue weighted by molar-refractivity contribution is 8.26. The van der Waals surface area contributed by atoms with E-state index in [1.165, 1.54) is 16.7 Å². The highest BCUT2D eigenvalue weighted by Gasteiger charge is 2.39. The Morgan fingerprint density at radius 3 is 2.71 bits per heavy atom. The van der Waals surface area contributed by atoms with Crippen LogP contribution in [0.5, 0.6) is 0 Å². The predicted octanol–water partition coefficient (Wildman–Crippen LogP) is 3.19. The molecule has 2 amide bonds. The van der Waals surface area contributed by atoms with Crippen LogP contribution in [0.4, 0.5) is 5.69 Å². The van der Waals surface area contributed by atoms with Gasteiger partial charge in [0.15, 0.2) is 0 Å². The Hall–Kier alpha value is -1.37. The van der Waals surface area contributed by atoms with Crippen LogP contribution < -0.4 is 5.32 Å². The Balaban J connectivity index is 2.22. The first-order valence-electron chi connectivity index (χ1n) is 6.33. The maximum absolute atomic E-state index is 12.4. The number of benzene rings is 1. The average Bonchev–Trinajstić information content (AvgIpc) is 2.87. The van der Waals surface area contributed by atoms with Crippen molar-refractivity contribution in [2.45, 2.75) is 13.8 Å². The molecule has 0 spiro atoms. The molecule has 2 aliphatic heterocycles. The van der Waals surface area contributed by atoms with E-state index in [4.69, 9.17) is 23.8 Å². The SMILES string of the molecule is CCN1C(=O)/C(=C2/C(=O)Nc3c(C)cc(Cl)cc32)SC1=S. The fourth-order valence-electron chi connectivity index (χ4n) is 2.45. The molecule has 108 valence electrons. The molecule has 7 heteroatoms. The minimum Gasteiger partial charge on any atom is -0.321 e. The lowest BCUT2D eigenvalue weighted by molar-refractivity contribution is -0.122. The number of carbonyl (C=O) groups excluding carboxylic acids is 2. The molecule has 4 nitrogen and oxygen atoms in total. The zero-order valence-corrected chi connectivity index (χ0v) is 13.7. The Morgan fingerprint density at radius 1 is 1.38 bits per heavy atom. The van der Waals surface area contributed by atoms with Gasteiger partial charge in [-0.25, -0.2) is 0 Å². The summed E-state index contributed by atoms with van der Waals surface area (Å²) in [5, 5.41) is 3.34. The highest BCUT2D eigenvalue weighted by atomic mass is 35.5. The molecule has 2 aliphatic rings. The predicted molar refractivity (Wildman–Crippen MR) is 89.3 cm³/mol. The van der Waals surface area contributed by atoms with E-state index in [1.54, 1.807) is 12.1 Å². The zero-order chi connectivity index (χ0) is 15.3. The average molecular weight is 339 g/mol. The van der Waals surface area contributed by atoms with E-state index in [0.29, 0.717) is 37.6 Å². The van der Waals surface area contributed by atoms with Gasteiger partial charge in [-0.1, -0.05) is 35.6 Å². The summed E-state index contributed by atoms with van der Waals surface area (Å²) in [6, 6.07) is 3.48. The molecule has 0 radical (unpaired) electrons. The fraction of sp³-hybridized carbons (Fsp3) is 0.214. The van der Waals surface area contributed by atoms with Crippen LogP contribution in [0, 0.1) is 6.92 Å². The van der Waals surface area contributed by atoms with Crippen LogP contribution >= 0.6 is 35.6 Å². The molecule has 3 rings (SSSR count). The molecule has 1 aromatic carbocycles. The van der Waals surface area contributed by atoms with Crippen LogP contribution in [0.15, 0.2) is 17.0 Å². The van der Waals surface area contributed by atoms with Crippen molar-refractivity contribution in [2.24, 2.45) is 0 Å². The van der Waals surface area contributed by atoms with Crippen molar-refractivity contribution in [3.05, 3.63) is 33.2 Å². The standard InChI is InChI=1S/C14H11ClN2O2S2/c1-3-17-13(19)11(21-14(17)20)9-8-5-7(15)4-6(2)10(8)16-12(9)18/h4-5H,3H2,1-2H3,(H,16,18)/b11-9-. The summed E-state index contributed by atoms with van der Waals surface area (Å²) in [5.41, 5.74) is 2.61. The summed E-state index contributed by atoms with van der Waals surface area (Å²) >= 11 is 12.4. The van der Waals surface area contributed by atoms with Crippen LogP contribution in [-0.4, -0.2) is 27.6 Å². The summed E-state index contributed by atoms with van der Waals surface area (Å²) in [4.78, 5) is 26.6. The molecule has 0 atom stereocenters. The first kappa shape index (κ1) is 14.6.